The summed E-state index contributed by atoms with van der Waals surface area (Å²) in [5, 5.41) is 2.75. The van der Waals surface area contributed by atoms with Crippen molar-refractivity contribution in [3.05, 3.63) is 35.4 Å². The van der Waals surface area contributed by atoms with Crippen LogP contribution in [0.5, 0.6) is 0 Å². The summed E-state index contributed by atoms with van der Waals surface area (Å²) >= 11 is 0. The molecule has 0 aromatic heterocycles. The van der Waals surface area contributed by atoms with E-state index < -0.39 is 29.7 Å². The minimum absolute atomic E-state index is 0.0113. The molecule has 2 aliphatic rings. The third-order valence-electron chi connectivity index (χ3n) is 6.07. The van der Waals surface area contributed by atoms with E-state index in [-0.39, 0.29) is 48.8 Å². The van der Waals surface area contributed by atoms with Gasteiger partial charge in [-0.3, -0.25) is 9.59 Å². The smallest absolute Gasteiger partial charge is 0.329 e. The van der Waals surface area contributed by atoms with Gasteiger partial charge in [-0.2, -0.15) is 0 Å². The number of hydrogen-bond acceptors (Lipinski definition) is 4. The molecule has 3 rings (SSSR count). The van der Waals surface area contributed by atoms with E-state index in [1.807, 2.05) is 13.8 Å². The number of rotatable bonds is 8. The van der Waals surface area contributed by atoms with Crippen LogP contribution in [0.4, 0.5) is 8.78 Å². The van der Waals surface area contributed by atoms with Crippen LogP contribution in [0.3, 0.4) is 0 Å². The Kier molecular flexibility index (Phi) is 7.62. The van der Waals surface area contributed by atoms with E-state index in [0.717, 1.165) is 31.7 Å². The summed E-state index contributed by atoms with van der Waals surface area (Å²) in [6, 6.07) is 2.63. The Hall–Kier alpha value is -2.51. The summed E-state index contributed by atoms with van der Waals surface area (Å²) < 4.78 is 33.1. The SMILES string of the molecule is CC(C)[C@H](NC(=O)C[C@@H]1CCC(=O)N1Cc1cccc(F)c1F)C(=O)OC1CCCC1. The molecule has 2 amide bonds. The normalized spacial score (nSPS) is 20.4. The maximum absolute atomic E-state index is 14.0. The molecular weight excluding hydrogens is 406 g/mol. The van der Waals surface area contributed by atoms with Crippen LogP contribution in [0.2, 0.25) is 0 Å². The Morgan fingerprint density at radius 2 is 1.90 bits per heavy atom. The number of nitrogens with one attached hydrogen (secondary N) is 1. The topological polar surface area (TPSA) is 75.7 Å². The van der Waals surface area contributed by atoms with E-state index in [1.165, 1.54) is 17.0 Å². The second-order valence-electron chi connectivity index (χ2n) is 8.76. The van der Waals surface area contributed by atoms with Crippen LogP contribution in [0.1, 0.15) is 64.4 Å². The number of nitrogens with zero attached hydrogens (tertiary/aromatic N) is 1. The van der Waals surface area contributed by atoms with E-state index in [1.54, 1.807) is 0 Å². The number of halogens is 2. The van der Waals surface area contributed by atoms with Crippen molar-refractivity contribution in [1.29, 1.82) is 0 Å². The molecule has 1 heterocycles. The predicted molar refractivity (Wildman–Crippen MR) is 110 cm³/mol. The highest BCUT2D eigenvalue weighted by molar-refractivity contribution is 5.86. The zero-order valence-corrected chi connectivity index (χ0v) is 18.0. The molecule has 1 saturated carbocycles. The fourth-order valence-corrected chi connectivity index (χ4v) is 4.26. The number of likely N-dealkylation sites (tertiary alicyclic amines) is 1. The molecule has 6 nitrogen and oxygen atoms in total. The summed E-state index contributed by atoms with van der Waals surface area (Å²) in [5.74, 6) is -3.12. The molecule has 0 unspecified atom stereocenters. The Morgan fingerprint density at radius 1 is 1.19 bits per heavy atom. The minimum Gasteiger partial charge on any atom is -0.461 e. The Balaban J connectivity index is 1.61. The summed E-state index contributed by atoms with van der Waals surface area (Å²) in [5.41, 5.74) is 0.0702. The van der Waals surface area contributed by atoms with Gasteiger partial charge in [0.25, 0.3) is 0 Å². The number of ether oxygens (including phenoxy) is 1. The van der Waals surface area contributed by atoms with Crippen LogP contribution in [0, 0.1) is 17.6 Å². The molecule has 2 fully saturated rings. The summed E-state index contributed by atoms with van der Waals surface area (Å²) in [7, 11) is 0. The van der Waals surface area contributed by atoms with Crippen LogP contribution >= 0.6 is 0 Å². The van der Waals surface area contributed by atoms with E-state index in [4.69, 9.17) is 4.74 Å². The van der Waals surface area contributed by atoms with Gasteiger partial charge < -0.3 is 15.0 Å². The number of amides is 2. The van der Waals surface area contributed by atoms with Gasteiger partial charge >= 0.3 is 5.97 Å². The Morgan fingerprint density at radius 3 is 2.58 bits per heavy atom. The second-order valence-corrected chi connectivity index (χ2v) is 8.76. The van der Waals surface area contributed by atoms with Gasteiger partial charge in [-0.05, 0) is 44.1 Å². The van der Waals surface area contributed by atoms with Gasteiger partial charge in [0, 0.05) is 31.0 Å². The van der Waals surface area contributed by atoms with E-state index in [9.17, 15) is 23.2 Å². The van der Waals surface area contributed by atoms with Crippen molar-refractivity contribution in [3.8, 4) is 0 Å². The Labute approximate surface area is 181 Å². The monoisotopic (exact) mass is 436 g/mol. The number of benzene rings is 1. The average molecular weight is 436 g/mol. The quantitative estimate of drug-likeness (QED) is 0.633. The van der Waals surface area contributed by atoms with Gasteiger partial charge in [0.05, 0.1) is 0 Å². The van der Waals surface area contributed by atoms with Crippen molar-refractivity contribution in [3.63, 3.8) is 0 Å². The molecule has 8 heteroatoms. The fraction of sp³-hybridized carbons (Fsp3) is 0.609. The third-order valence-corrected chi connectivity index (χ3v) is 6.07. The van der Waals surface area contributed by atoms with Crippen LogP contribution in [0.15, 0.2) is 18.2 Å². The van der Waals surface area contributed by atoms with Crippen molar-refractivity contribution in [2.45, 2.75) is 83.5 Å². The van der Waals surface area contributed by atoms with Gasteiger partial charge in [0.1, 0.15) is 12.1 Å². The number of carbonyl (C=O) groups excluding carboxylic acids is 3. The maximum Gasteiger partial charge on any atom is 0.329 e. The molecule has 1 saturated heterocycles. The maximum atomic E-state index is 14.0. The first kappa shape index (κ1) is 23.2. The first-order valence-electron chi connectivity index (χ1n) is 11.0. The zero-order chi connectivity index (χ0) is 22.5. The van der Waals surface area contributed by atoms with Crippen molar-refractivity contribution in [1.82, 2.24) is 10.2 Å². The van der Waals surface area contributed by atoms with E-state index >= 15 is 0 Å². The Bertz CT molecular complexity index is 824. The van der Waals surface area contributed by atoms with Gasteiger partial charge in [-0.1, -0.05) is 26.0 Å². The first-order valence-corrected chi connectivity index (χ1v) is 11.0. The second kappa shape index (κ2) is 10.2. The average Bonchev–Trinajstić information content (AvgIpc) is 3.34. The molecule has 1 aromatic rings. The standard InChI is InChI=1S/C23H30F2N2O4/c1-14(2)22(23(30)31-17-7-3-4-8-17)26-19(28)12-16-10-11-20(29)27(16)13-15-6-5-9-18(24)21(15)25/h5-6,9,14,16-17,22H,3-4,7-8,10-13H2,1-2H3,(H,26,28)/t16-,22-/m0/s1. The van der Waals surface area contributed by atoms with Gasteiger partial charge in [0.15, 0.2) is 11.6 Å². The highest BCUT2D eigenvalue weighted by Crippen LogP contribution is 2.26. The van der Waals surface area contributed by atoms with Crippen molar-refractivity contribution < 1.29 is 27.9 Å². The molecule has 1 aliphatic carbocycles. The molecule has 0 bridgehead atoms. The van der Waals surface area contributed by atoms with Crippen LogP contribution in [-0.2, 0) is 25.7 Å². The lowest BCUT2D eigenvalue weighted by Gasteiger charge is -2.27. The van der Waals surface area contributed by atoms with Crippen molar-refractivity contribution in [2.24, 2.45) is 5.92 Å². The van der Waals surface area contributed by atoms with Gasteiger partial charge in [-0.25, -0.2) is 13.6 Å². The molecule has 1 aliphatic heterocycles. The van der Waals surface area contributed by atoms with E-state index in [2.05, 4.69) is 5.32 Å². The molecule has 170 valence electrons. The summed E-state index contributed by atoms with van der Waals surface area (Å²) in [6.07, 6.45) is 4.36. The van der Waals surface area contributed by atoms with E-state index in [0.29, 0.717) is 6.42 Å². The van der Waals surface area contributed by atoms with Crippen LogP contribution < -0.4 is 5.32 Å². The largest absolute Gasteiger partial charge is 0.461 e. The molecule has 31 heavy (non-hydrogen) atoms. The first-order chi connectivity index (χ1) is 14.8. The highest BCUT2D eigenvalue weighted by atomic mass is 19.2. The summed E-state index contributed by atoms with van der Waals surface area (Å²) in [4.78, 5) is 39.0. The van der Waals surface area contributed by atoms with Crippen LogP contribution in [0.25, 0.3) is 0 Å². The third kappa shape index (κ3) is 5.80. The molecule has 0 radical (unpaired) electrons. The lowest BCUT2D eigenvalue weighted by Crippen LogP contribution is -2.47. The van der Waals surface area contributed by atoms with Crippen LogP contribution in [-0.4, -0.2) is 40.9 Å². The molecule has 2 atom stereocenters. The fourth-order valence-electron chi connectivity index (χ4n) is 4.26. The lowest BCUT2D eigenvalue weighted by atomic mass is 10.0. The highest BCUT2D eigenvalue weighted by Gasteiger charge is 2.35. The molecule has 0 spiro atoms. The van der Waals surface area contributed by atoms with Gasteiger partial charge in [0.2, 0.25) is 11.8 Å². The number of esters is 1. The number of hydrogen-bond donors (Lipinski definition) is 1. The minimum atomic E-state index is -0.986. The summed E-state index contributed by atoms with van der Waals surface area (Å²) in [6.45, 7) is 3.57. The van der Waals surface area contributed by atoms with Gasteiger partial charge in [-0.15, -0.1) is 0 Å². The molecular formula is C23H30F2N2O4. The van der Waals surface area contributed by atoms with Crippen molar-refractivity contribution in [2.75, 3.05) is 0 Å². The lowest BCUT2D eigenvalue weighted by molar-refractivity contribution is -0.154. The number of carbonyl (C=O) groups is 3. The molecule has 1 aromatic carbocycles. The van der Waals surface area contributed by atoms with Crippen molar-refractivity contribution >= 4 is 17.8 Å². The predicted octanol–water partition coefficient (Wildman–Crippen LogP) is 3.47. The zero-order valence-electron chi connectivity index (χ0n) is 18.0. The molecule has 1 N–H and O–H groups in total.